The molecule has 0 radical (unpaired) electrons. The van der Waals surface area contributed by atoms with Gasteiger partial charge in [-0.1, -0.05) is 59.2 Å². The normalized spacial score (nSPS) is 28.6. The number of hydrogen-bond acceptors (Lipinski definition) is 3. The SMILES string of the molecule is O=C(NC1Cc2ccccc2C1O)C1CC(Cl)=C(Cl)S1. The van der Waals surface area contributed by atoms with Gasteiger partial charge in [0.1, 0.15) is 0 Å². The van der Waals surface area contributed by atoms with E-state index in [2.05, 4.69) is 5.32 Å². The maximum Gasteiger partial charge on any atom is 0.234 e. The summed E-state index contributed by atoms with van der Waals surface area (Å²) in [6, 6.07) is 7.42. The molecule has 1 aliphatic carbocycles. The van der Waals surface area contributed by atoms with E-state index >= 15 is 0 Å². The van der Waals surface area contributed by atoms with Crippen LogP contribution in [0.25, 0.3) is 0 Å². The lowest BCUT2D eigenvalue weighted by atomic mass is 10.1. The predicted octanol–water partition coefficient (Wildman–Crippen LogP) is 2.91. The molecule has 1 heterocycles. The molecule has 6 heteroatoms. The van der Waals surface area contributed by atoms with Gasteiger partial charge in [-0.05, 0) is 17.5 Å². The van der Waals surface area contributed by atoms with Crippen LogP contribution in [0.1, 0.15) is 23.7 Å². The molecule has 2 N–H and O–H groups in total. The van der Waals surface area contributed by atoms with E-state index in [-0.39, 0.29) is 17.2 Å². The van der Waals surface area contributed by atoms with Gasteiger partial charge in [0, 0.05) is 11.5 Å². The van der Waals surface area contributed by atoms with Gasteiger partial charge in [-0.2, -0.15) is 0 Å². The quantitative estimate of drug-likeness (QED) is 0.877. The molecule has 0 spiro atoms. The van der Waals surface area contributed by atoms with Gasteiger partial charge in [0.25, 0.3) is 0 Å². The molecular formula is C14H13Cl2NO2S. The molecule has 1 aliphatic heterocycles. The zero-order chi connectivity index (χ0) is 14.3. The number of thioether (sulfide) groups is 1. The Labute approximate surface area is 131 Å². The Morgan fingerprint density at radius 2 is 2.05 bits per heavy atom. The first-order valence-corrected chi connectivity index (χ1v) is 7.97. The van der Waals surface area contributed by atoms with Gasteiger partial charge in [-0.3, -0.25) is 4.79 Å². The minimum absolute atomic E-state index is 0.124. The van der Waals surface area contributed by atoms with Crippen LogP contribution in [-0.4, -0.2) is 22.3 Å². The van der Waals surface area contributed by atoms with Crippen molar-refractivity contribution in [2.75, 3.05) is 0 Å². The molecule has 0 saturated heterocycles. The maximum absolute atomic E-state index is 12.2. The molecule has 20 heavy (non-hydrogen) atoms. The summed E-state index contributed by atoms with van der Waals surface area (Å²) in [7, 11) is 0. The lowest BCUT2D eigenvalue weighted by Gasteiger charge is -2.19. The summed E-state index contributed by atoms with van der Waals surface area (Å²) in [4.78, 5) is 12.2. The Kier molecular flexibility index (Phi) is 4.00. The fraction of sp³-hybridized carbons (Fsp3) is 0.357. The van der Waals surface area contributed by atoms with Gasteiger partial charge in [0.05, 0.1) is 21.8 Å². The van der Waals surface area contributed by atoms with Crippen LogP contribution in [-0.2, 0) is 11.2 Å². The maximum atomic E-state index is 12.2. The number of halogens is 2. The van der Waals surface area contributed by atoms with Crippen LogP contribution in [0.5, 0.6) is 0 Å². The highest BCUT2D eigenvalue weighted by molar-refractivity contribution is 8.06. The Morgan fingerprint density at radius 1 is 1.30 bits per heavy atom. The minimum atomic E-state index is -0.652. The first-order chi connectivity index (χ1) is 9.56. The molecule has 1 aromatic rings. The number of rotatable bonds is 2. The second-order valence-electron chi connectivity index (χ2n) is 4.95. The van der Waals surface area contributed by atoms with E-state index in [1.54, 1.807) is 0 Å². The summed E-state index contributed by atoms with van der Waals surface area (Å²) < 4.78 is 0.488. The molecule has 1 aromatic carbocycles. The molecular weight excluding hydrogens is 317 g/mol. The van der Waals surface area contributed by atoms with Crippen molar-refractivity contribution in [3.63, 3.8) is 0 Å². The van der Waals surface area contributed by atoms with Gasteiger partial charge in [-0.15, -0.1) is 0 Å². The second kappa shape index (κ2) is 5.60. The molecule has 0 aromatic heterocycles. The molecule has 3 rings (SSSR count). The van der Waals surface area contributed by atoms with E-state index in [1.165, 1.54) is 11.8 Å². The number of amides is 1. The van der Waals surface area contributed by atoms with Crippen LogP contribution in [0.15, 0.2) is 33.7 Å². The Hall–Kier alpha value is -0.680. The van der Waals surface area contributed by atoms with Gasteiger partial charge in [0.15, 0.2) is 0 Å². The van der Waals surface area contributed by atoms with Gasteiger partial charge in [0.2, 0.25) is 5.91 Å². The zero-order valence-electron chi connectivity index (χ0n) is 10.5. The van der Waals surface area contributed by atoms with Crippen molar-refractivity contribution in [1.29, 1.82) is 0 Å². The summed E-state index contributed by atoms with van der Waals surface area (Å²) in [5, 5.41) is 13.4. The van der Waals surface area contributed by atoms with Crippen molar-refractivity contribution in [3.05, 3.63) is 44.8 Å². The van der Waals surface area contributed by atoms with Crippen molar-refractivity contribution in [2.45, 2.75) is 30.2 Å². The molecule has 106 valence electrons. The number of fused-ring (bicyclic) bond motifs is 1. The van der Waals surface area contributed by atoms with Crippen LogP contribution in [0.2, 0.25) is 0 Å². The number of allylic oxidation sites excluding steroid dienone is 1. The van der Waals surface area contributed by atoms with Crippen LogP contribution in [0, 0.1) is 0 Å². The number of benzene rings is 1. The van der Waals surface area contributed by atoms with E-state index in [4.69, 9.17) is 23.2 Å². The van der Waals surface area contributed by atoms with Crippen LogP contribution >= 0.6 is 35.0 Å². The molecule has 3 nitrogen and oxygen atoms in total. The predicted molar refractivity (Wildman–Crippen MR) is 81.8 cm³/mol. The van der Waals surface area contributed by atoms with E-state index in [0.29, 0.717) is 22.2 Å². The molecule has 3 unspecified atom stereocenters. The van der Waals surface area contributed by atoms with Crippen LogP contribution < -0.4 is 5.32 Å². The summed E-state index contributed by atoms with van der Waals surface area (Å²) in [6.07, 6.45) is 0.447. The number of carbonyl (C=O) groups is 1. The van der Waals surface area contributed by atoms with Gasteiger partial charge >= 0.3 is 0 Å². The average molecular weight is 330 g/mol. The van der Waals surface area contributed by atoms with Crippen molar-refractivity contribution < 1.29 is 9.90 Å². The molecule has 0 bridgehead atoms. The molecule has 3 atom stereocenters. The van der Waals surface area contributed by atoms with E-state index < -0.39 is 6.10 Å². The highest BCUT2D eigenvalue weighted by Gasteiger charge is 2.35. The summed E-state index contributed by atoms with van der Waals surface area (Å²) >= 11 is 13.1. The number of hydrogen-bond donors (Lipinski definition) is 2. The topological polar surface area (TPSA) is 49.3 Å². The first-order valence-electron chi connectivity index (χ1n) is 6.33. The lowest BCUT2D eigenvalue weighted by molar-refractivity contribution is -0.121. The van der Waals surface area contributed by atoms with Gasteiger partial charge < -0.3 is 10.4 Å². The Bertz CT molecular complexity index is 576. The average Bonchev–Trinajstić information content (AvgIpc) is 2.92. The Morgan fingerprint density at radius 3 is 2.70 bits per heavy atom. The Balaban J connectivity index is 1.65. The number of nitrogens with one attached hydrogen (secondary N) is 1. The summed E-state index contributed by atoms with van der Waals surface area (Å²) in [6.45, 7) is 0. The highest BCUT2D eigenvalue weighted by Crippen LogP contribution is 2.42. The van der Waals surface area contributed by atoms with Crippen molar-refractivity contribution in [2.24, 2.45) is 0 Å². The number of aliphatic hydroxyl groups is 1. The van der Waals surface area contributed by atoms with Gasteiger partial charge in [-0.25, -0.2) is 0 Å². The van der Waals surface area contributed by atoms with E-state index in [0.717, 1.165) is 11.1 Å². The summed E-state index contributed by atoms with van der Waals surface area (Å²) in [5.41, 5.74) is 1.98. The summed E-state index contributed by atoms with van der Waals surface area (Å²) in [5.74, 6) is -0.124. The minimum Gasteiger partial charge on any atom is -0.386 e. The second-order valence-corrected chi connectivity index (χ2v) is 7.22. The largest absolute Gasteiger partial charge is 0.386 e. The monoisotopic (exact) mass is 329 g/mol. The molecule has 0 fully saturated rings. The zero-order valence-corrected chi connectivity index (χ0v) is 12.8. The van der Waals surface area contributed by atoms with Crippen molar-refractivity contribution >= 4 is 40.9 Å². The van der Waals surface area contributed by atoms with Crippen molar-refractivity contribution in [3.8, 4) is 0 Å². The number of aliphatic hydroxyl groups excluding tert-OH is 1. The third-order valence-corrected chi connectivity index (χ3v) is 5.80. The number of carbonyl (C=O) groups excluding carboxylic acids is 1. The fourth-order valence-electron chi connectivity index (χ4n) is 2.60. The molecule has 1 amide bonds. The third kappa shape index (κ3) is 2.58. The lowest BCUT2D eigenvalue weighted by Crippen LogP contribution is -2.42. The third-order valence-electron chi connectivity index (χ3n) is 3.64. The first kappa shape index (κ1) is 14.3. The fourth-order valence-corrected chi connectivity index (χ4v) is 4.26. The van der Waals surface area contributed by atoms with E-state index in [1.807, 2.05) is 24.3 Å². The smallest absolute Gasteiger partial charge is 0.234 e. The molecule has 2 aliphatic rings. The van der Waals surface area contributed by atoms with E-state index in [9.17, 15) is 9.90 Å². The highest BCUT2D eigenvalue weighted by atomic mass is 35.5. The van der Waals surface area contributed by atoms with Crippen LogP contribution in [0.4, 0.5) is 0 Å². The standard InChI is InChI=1S/C14H13Cl2NO2S/c15-9-6-11(20-13(9)16)14(19)17-10-5-7-3-1-2-4-8(7)12(10)18/h1-4,10-12,18H,5-6H2,(H,17,19). The molecule has 0 saturated carbocycles. The van der Waals surface area contributed by atoms with Crippen LogP contribution in [0.3, 0.4) is 0 Å². The van der Waals surface area contributed by atoms with Crippen molar-refractivity contribution in [1.82, 2.24) is 5.32 Å².